The number of piperidine rings is 1. The van der Waals surface area contributed by atoms with Crippen LogP contribution in [0.15, 0.2) is 0 Å². The number of hydrogen-bond acceptors (Lipinski definition) is 4. The molecule has 200 valence electrons. The van der Waals surface area contributed by atoms with Crippen LogP contribution in [0.25, 0.3) is 0 Å². The molecule has 4 unspecified atom stereocenters. The minimum atomic E-state index is -0.531. The Balaban J connectivity index is 1.23. The molecule has 4 atom stereocenters. The van der Waals surface area contributed by atoms with Gasteiger partial charge >= 0.3 is 0 Å². The van der Waals surface area contributed by atoms with E-state index in [0.29, 0.717) is 46.8 Å². The van der Waals surface area contributed by atoms with Crippen LogP contribution in [0.2, 0.25) is 0 Å². The first-order valence-electron chi connectivity index (χ1n) is 15.3. The molecular weight excluding hydrogens is 477 g/mol. The van der Waals surface area contributed by atoms with E-state index in [2.05, 4.69) is 15.5 Å². The summed E-state index contributed by atoms with van der Waals surface area (Å²) in [5.74, 6) is 2.95. The Morgan fingerprint density at radius 2 is 1.29 bits per heavy atom. The summed E-state index contributed by atoms with van der Waals surface area (Å²) in [6.45, 7) is 3.63. The summed E-state index contributed by atoms with van der Waals surface area (Å²) in [4.78, 5) is 2.93. The number of hydrogen-bond donors (Lipinski definition) is 3. The van der Waals surface area contributed by atoms with Crippen molar-refractivity contribution >= 4 is 23.2 Å². The fourth-order valence-electron chi connectivity index (χ4n) is 9.11. The third-order valence-electron chi connectivity index (χ3n) is 11.3. The van der Waals surface area contributed by atoms with Gasteiger partial charge in [0, 0.05) is 29.4 Å². The zero-order valence-corrected chi connectivity index (χ0v) is 23.2. The topological polar surface area (TPSA) is 47.5 Å². The van der Waals surface area contributed by atoms with Gasteiger partial charge in [-0.1, -0.05) is 0 Å². The van der Waals surface area contributed by atoms with Crippen LogP contribution >= 0.6 is 23.2 Å². The summed E-state index contributed by atoms with van der Waals surface area (Å²) in [5, 5.41) is 21.2. The van der Waals surface area contributed by atoms with Crippen molar-refractivity contribution < 1.29 is 5.11 Å². The molecule has 6 rings (SSSR count). The predicted molar refractivity (Wildman–Crippen MR) is 145 cm³/mol. The number of halogens is 2. The number of aliphatic hydroxyl groups is 1. The molecule has 0 amide bonds. The lowest BCUT2D eigenvalue weighted by Gasteiger charge is -2.53. The Morgan fingerprint density at radius 3 is 1.86 bits per heavy atom. The molecule has 0 aromatic carbocycles. The zero-order valence-electron chi connectivity index (χ0n) is 21.7. The van der Waals surface area contributed by atoms with Crippen molar-refractivity contribution in [2.45, 2.75) is 131 Å². The van der Waals surface area contributed by atoms with Gasteiger partial charge in [0.1, 0.15) is 0 Å². The number of rotatable bonds is 6. The molecule has 0 spiro atoms. The predicted octanol–water partition coefficient (Wildman–Crippen LogP) is 5.49. The van der Waals surface area contributed by atoms with Crippen LogP contribution in [-0.4, -0.2) is 64.2 Å². The molecule has 4 aliphatic carbocycles. The van der Waals surface area contributed by atoms with Gasteiger partial charge in [-0.3, -0.25) is 10.2 Å². The molecule has 4 nitrogen and oxygen atoms in total. The summed E-state index contributed by atoms with van der Waals surface area (Å²) in [6, 6.07) is 1.23. The van der Waals surface area contributed by atoms with Crippen molar-refractivity contribution in [3.63, 3.8) is 0 Å². The quantitative estimate of drug-likeness (QED) is 0.401. The molecule has 0 aromatic rings. The van der Waals surface area contributed by atoms with Gasteiger partial charge in [-0.2, -0.15) is 0 Å². The van der Waals surface area contributed by atoms with Gasteiger partial charge in [0.25, 0.3) is 0 Å². The van der Waals surface area contributed by atoms with Crippen LogP contribution in [0.3, 0.4) is 0 Å². The largest absolute Gasteiger partial charge is 0.389 e. The highest BCUT2D eigenvalue weighted by atomic mass is 35.5. The number of nitrogens with zero attached hydrogens (tertiary/aromatic N) is 1. The molecule has 4 saturated carbocycles. The molecule has 6 fully saturated rings. The van der Waals surface area contributed by atoms with E-state index in [0.717, 1.165) is 63.2 Å². The first-order chi connectivity index (χ1) is 17.0. The van der Waals surface area contributed by atoms with Crippen molar-refractivity contribution in [2.75, 3.05) is 19.6 Å². The summed E-state index contributed by atoms with van der Waals surface area (Å²) in [5.41, 5.74) is -0.531. The average molecular weight is 527 g/mol. The second-order valence-electron chi connectivity index (χ2n) is 13.3. The highest BCUT2D eigenvalue weighted by molar-refractivity contribution is 6.20. The minimum Gasteiger partial charge on any atom is -0.389 e. The Morgan fingerprint density at radius 1 is 0.714 bits per heavy atom. The lowest BCUT2D eigenvalue weighted by molar-refractivity contribution is -0.147. The smallest absolute Gasteiger partial charge is 0.0732 e. The highest BCUT2D eigenvalue weighted by Gasteiger charge is 2.56. The Kier molecular flexibility index (Phi) is 7.99. The molecule has 35 heavy (non-hydrogen) atoms. The van der Waals surface area contributed by atoms with Gasteiger partial charge in [-0.05, 0) is 139 Å². The van der Waals surface area contributed by atoms with E-state index in [4.69, 9.17) is 23.2 Å². The van der Waals surface area contributed by atoms with E-state index in [9.17, 15) is 5.11 Å². The third kappa shape index (κ3) is 5.33. The molecule has 0 bridgehead atoms. The zero-order chi connectivity index (χ0) is 24.0. The first kappa shape index (κ1) is 25.7. The van der Waals surface area contributed by atoms with Crippen LogP contribution < -0.4 is 10.6 Å². The fourth-order valence-corrected chi connectivity index (χ4v) is 9.61. The lowest BCUT2D eigenvalue weighted by atomic mass is 9.57. The van der Waals surface area contributed by atoms with Gasteiger partial charge in [-0.15, -0.1) is 23.2 Å². The second kappa shape index (κ2) is 10.9. The van der Waals surface area contributed by atoms with E-state index in [1.54, 1.807) is 0 Å². The lowest BCUT2D eigenvalue weighted by Crippen LogP contribution is -2.57. The summed E-state index contributed by atoms with van der Waals surface area (Å²) in [7, 11) is 0. The molecule has 3 N–H and O–H groups in total. The maximum Gasteiger partial charge on any atom is 0.0732 e. The van der Waals surface area contributed by atoms with Gasteiger partial charge in [0.15, 0.2) is 0 Å². The molecule has 2 aliphatic heterocycles. The first-order valence-corrected chi connectivity index (χ1v) is 16.1. The fraction of sp³-hybridized carbons (Fsp3) is 1.00. The van der Waals surface area contributed by atoms with Crippen LogP contribution in [-0.2, 0) is 0 Å². The van der Waals surface area contributed by atoms with Crippen molar-refractivity contribution in [3.8, 4) is 0 Å². The van der Waals surface area contributed by atoms with Crippen molar-refractivity contribution in [1.29, 1.82) is 0 Å². The van der Waals surface area contributed by atoms with Crippen molar-refractivity contribution in [2.24, 2.45) is 29.6 Å². The van der Waals surface area contributed by atoms with E-state index < -0.39 is 5.60 Å². The Hall–Kier alpha value is 0.420. The second-order valence-corrected chi connectivity index (χ2v) is 14.5. The van der Waals surface area contributed by atoms with Gasteiger partial charge in [0.05, 0.1) is 11.8 Å². The van der Waals surface area contributed by atoms with Gasteiger partial charge in [0.2, 0.25) is 0 Å². The van der Waals surface area contributed by atoms with Gasteiger partial charge in [-0.25, -0.2) is 0 Å². The molecule has 2 heterocycles. The third-order valence-corrected chi connectivity index (χ3v) is 12.1. The maximum atomic E-state index is 12.8. The molecule has 2 saturated heterocycles. The van der Waals surface area contributed by atoms with Crippen LogP contribution in [0, 0.1) is 29.6 Å². The van der Waals surface area contributed by atoms with Gasteiger partial charge < -0.3 is 10.4 Å². The minimum absolute atomic E-state index is 0.309. The van der Waals surface area contributed by atoms with E-state index in [1.807, 2.05) is 0 Å². The van der Waals surface area contributed by atoms with Crippen molar-refractivity contribution in [3.05, 3.63) is 0 Å². The van der Waals surface area contributed by atoms with E-state index in [-0.39, 0.29) is 0 Å². The molecule has 0 radical (unpaired) electrons. The average Bonchev–Trinajstić information content (AvgIpc) is 3.67. The summed E-state index contributed by atoms with van der Waals surface area (Å²) in [6.07, 6.45) is 18.4. The number of nitrogens with one attached hydrogen (secondary N) is 2. The Bertz CT molecular complexity index is 676. The monoisotopic (exact) mass is 525 g/mol. The molecular formula is C29H49Cl2N3O. The number of alkyl halides is 2. The standard InChI is InChI=1S/C29H49Cl2N3O/c30-24-8-3-21(4-9-24)29(35,22-5-10-25(31)11-6-22)23-7-12-26-27(17-23)34(28(33-26)20-1-2-20)18-19-13-15-32-16-14-19/h19-28,32-33,35H,1-18H2. The molecule has 0 aromatic heterocycles. The van der Waals surface area contributed by atoms with Crippen LogP contribution in [0.5, 0.6) is 0 Å². The molecule has 6 heteroatoms. The highest BCUT2D eigenvalue weighted by Crippen LogP contribution is 2.53. The molecule has 6 aliphatic rings. The van der Waals surface area contributed by atoms with Crippen LogP contribution in [0.4, 0.5) is 0 Å². The normalized spacial score (nSPS) is 45.7. The maximum absolute atomic E-state index is 12.8. The number of fused-ring (bicyclic) bond motifs is 1. The SMILES string of the molecule is OC(C1CCC(Cl)CC1)(C1CCC(Cl)CC1)C1CCC2NC(C3CC3)N(CC3CCNCC3)C2C1. The summed E-state index contributed by atoms with van der Waals surface area (Å²) < 4.78 is 0. The van der Waals surface area contributed by atoms with Crippen LogP contribution in [0.1, 0.15) is 96.3 Å². The van der Waals surface area contributed by atoms with E-state index in [1.165, 1.54) is 64.6 Å². The summed E-state index contributed by atoms with van der Waals surface area (Å²) >= 11 is 13.1. The van der Waals surface area contributed by atoms with Crippen molar-refractivity contribution in [1.82, 2.24) is 15.5 Å². The Labute approximate surface area is 223 Å². The van der Waals surface area contributed by atoms with E-state index >= 15 is 0 Å².